The monoisotopic (exact) mass is 277 g/mol. The van der Waals surface area contributed by atoms with E-state index in [2.05, 4.69) is 38.2 Å². The minimum atomic E-state index is 0.147. The van der Waals surface area contributed by atoms with Crippen LogP contribution in [-0.4, -0.2) is 25.4 Å². The second-order valence-corrected chi connectivity index (χ2v) is 6.61. The van der Waals surface area contributed by atoms with Crippen LogP contribution in [0.5, 0.6) is 5.75 Å². The first kappa shape index (κ1) is 15.3. The Morgan fingerprint density at radius 3 is 2.40 bits per heavy atom. The Hall–Kier alpha value is -1.06. The molecule has 1 aliphatic carbocycles. The molecule has 2 rings (SSSR count). The van der Waals surface area contributed by atoms with Gasteiger partial charge in [0, 0.05) is 18.7 Å². The van der Waals surface area contributed by atoms with Gasteiger partial charge in [0.25, 0.3) is 0 Å². The van der Waals surface area contributed by atoms with Gasteiger partial charge in [-0.25, -0.2) is 0 Å². The number of ether oxygens (including phenoxy) is 2. The summed E-state index contributed by atoms with van der Waals surface area (Å²) in [7, 11) is 0. The molecule has 0 heterocycles. The fourth-order valence-corrected chi connectivity index (χ4v) is 1.82. The molecule has 0 bridgehead atoms. The van der Waals surface area contributed by atoms with Gasteiger partial charge in [0.15, 0.2) is 0 Å². The SMILES string of the molecule is CC(C)(C)NCc1ccc(OCCOCC2CC2)cc1. The second kappa shape index (κ2) is 7.09. The molecule has 0 amide bonds. The van der Waals surface area contributed by atoms with E-state index in [9.17, 15) is 0 Å². The first-order chi connectivity index (χ1) is 9.53. The maximum atomic E-state index is 5.66. The van der Waals surface area contributed by atoms with Crippen LogP contribution in [-0.2, 0) is 11.3 Å². The maximum absolute atomic E-state index is 5.66. The van der Waals surface area contributed by atoms with E-state index in [4.69, 9.17) is 9.47 Å². The third-order valence-corrected chi connectivity index (χ3v) is 3.29. The number of hydrogen-bond donors (Lipinski definition) is 1. The van der Waals surface area contributed by atoms with Crippen LogP contribution in [0.4, 0.5) is 0 Å². The Balaban J connectivity index is 1.62. The van der Waals surface area contributed by atoms with Crippen LogP contribution in [0.25, 0.3) is 0 Å². The molecule has 1 saturated carbocycles. The highest BCUT2D eigenvalue weighted by atomic mass is 16.5. The van der Waals surface area contributed by atoms with Gasteiger partial charge in [-0.05, 0) is 57.2 Å². The number of nitrogens with one attached hydrogen (secondary N) is 1. The quantitative estimate of drug-likeness (QED) is 0.739. The summed E-state index contributed by atoms with van der Waals surface area (Å²) >= 11 is 0. The fraction of sp³-hybridized carbons (Fsp3) is 0.647. The highest BCUT2D eigenvalue weighted by Gasteiger charge is 2.20. The van der Waals surface area contributed by atoms with E-state index in [0.29, 0.717) is 13.2 Å². The van der Waals surface area contributed by atoms with Gasteiger partial charge < -0.3 is 14.8 Å². The van der Waals surface area contributed by atoms with Gasteiger partial charge in [0.2, 0.25) is 0 Å². The maximum Gasteiger partial charge on any atom is 0.119 e. The Morgan fingerprint density at radius 2 is 1.80 bits per heavy atom. The largest absolute Gasteiger partial charge is 0.491 e. The fourth-order valence-electron chi connectivity index (χ4n) is 1.82. The van der Waals surface area contributed by atoms with Crippen LogP contribution in [0, 0.1) is 5.92 Å². The molecule has 1 aromatic carbocycles. The van der Waals surface area contributed by atoms with E-state index in [-0.39, 0.29) is 5.54 Å². The summed E-state index contributed by atoms with van der Waals surface area (Å²) in [6.45, 7) is 9.62. The summed E-state index contributed by atoms with van der Waals surface area (Å²) in [6.07, 6.45) is 2.68. The molecule has 3 heteroatoms. The standard InChI is InChI=1S/C17H27NO2/c1-17(2,3)18-12-14-6-8-16(9-7-14)20-11-10-19-13-15-4-5-15/h6-9,15,18H,4-5,10-13H2,1-3H3. The molecule has 0 aromatic heterocycles. The van der Waals surface area contributed by atoms with Crippen molar-refractivity contribution in [3.63, 3.8) is 0 Å². The predicted molar refractivity (Wildman–Crippen MR) is 82.1 cm³/mol. The van der Waals surface area contributed by atoms with Gasteiger partial charge in [-0.1, -0.05) is 12.1 Å². The van der Waals surface area contributed by atoms with Crippen molar-refractivity contribution < 1.29 is 9.47 Å². The van der Waals surface area contributed by atoms with Crippen LogP contribution in [0.1, 0.15) is 39.2 Å². The van der Waals surface area contributed by atoms with Gasteiger partial charge in [-0.3, -0.25) is 0 Å². The first-order valence-electron chi connectivity index (χ1n) is 7.57. The van der Waals surface area contributed by atoms with E-state index >= 15 is 0 Å². The number of rotatable bonds is 8. The topological polar surface area (TPSA) is 30.5 Å². The molecule has 0 unspecified atom stereocenters. The van der Waals surface area contributed by atoms with Crippen molar-refractivity contribution in [2.75, 3.05) is 19.8 Å². The zero-order valence-corrected chi connectivity index (χ0v) is 12.9. The summed E-state index contributed by atoms with van der Waals surface area (Å²) in [5.41, 5.74) is 1.42. The molecule has 0 saturated heterocycles. The van der Waals surface area contributed by atoms with Crippen molar-refractivity contribution in [3.8, 4) is 5.75 Å². The van der Waals surface area contributed by atoms with Gasteiger partial charge in [-0.15, -0.1) is 0 Å². The summed E-state index contributed by atoms with van der Waals surface area (Å²) in [4.78, 5) is 0. The van der Waals surface area contributed by atoms with E-state index in [1.165, 1.54) is 18.4 Å². The minimum Gasteiger partial charge on any atom is -0.491 e. The Kier molecular flexibility index (Phi) is 5.44. The van der Waals surface area contributed by atoms with E-state index in [1.54, 1.807) is 0 Å². The highest BCUT2D eigenvalue weighted by molar-refractivity contribution is 5.27. The lowest BCUT2D eigenvalue weighted by molar-refractivity contribution is 0.0927. The summed E-state index contributed by atoms with van der Waals surface area (Å²) < 4.78 is 11.2. The summed E-state index contributed by atoms with van der Waals surface area (Å²) in [5, 5.41) is 3.47. The Bertz CT molecular complexity index is 390. The first-order valence-corrected chi connectivity index (χ1v) is 7.57. The van der Waals surface area contributed by atoms with Crippen LogP contribution >= 0.6 is 0 Å². The van der Waals surface area contributed by atoms with E-state index < -0.39 is 0 Å². The molecule has 3 nitrogen and oxygen atoms in total. The smallest absolute Gasteiger partial charge is 0.119 e. The van der Waals surface area contributed by atoms with Crippen LogP contribution in [0.2, 0.25) is 0 Å². The lowest BCUT2D eigenvalue weighted by Crippen LogP contribution is -2.35. The van der Waals surface area contributed by atoms with Crippen molar-refractivity contribution in [1.82, 2.24) is 5.32 Å². The van der Waals surface area contributed by atoms with Crippen LogP contribution < -0.4 is 10.1 Å². The van der Waals surface area contributed by atoms with E-state index in [1.807, 2.05) is 12.1 Å². The molecular weight excluding hydrogens is 250 g/mol. The average Bonchev–Trinajstić information content (AvgIpc) is 3.20. The zero-order chi connectivity index (χ0) is 14.4. The average molecular weight is 277 g/mol. The van der Waals surface area contributed by atoms with Crippen LogP contribution in [0.3, 0.4) is 0 Å². The lowest BCUT2D eigenvalue weighted by Gasteiger charge is -2.20. The summed E-state index contributed by atoms with van der Waals surface area (Å²) in [6, 6.07) is 8.28. The molecule has 0 atom stereocenters. The molecule has 1 N–H and O–H groups in total. The Labute approximate surface area is 122 Å². The molecule has 0 radical (unpaired) electrons. The third kappa shape index (κ3) is 6.40. The van der Waals surface area contributed by atoms with Crippen molar-refractivity contribution in [2.45, 2.75) is 45.7 Å². The minimum absolute atomic E-state index is 0.147. The highest BCUT2D eigenvalue weighted by Crippen LogP contribution is 2.28. The number of benzene rings is 1. The number of hydrogen-bond acceptors (Lipinski definition) is 3. The molecule has 0 spiro atoms. The van der Waals surface area contributed by atoms with Crippen molar-refractivity contribution in [2.24, 2.45) is 5.92 Å². The molecule has 1 aromatic rings. The van der Waals surface area contributed by atoms with Gasteiger partial charge in [-0.2, -0.15) is 0 Å². The molecule has 1 fully saturated rings. The molecule has 1 aliphatic rings. The lowest BCUT2D eigenvalue weighted by atomic mass is 10.1. The molecule has 0 aliphatic heterocycles. The van der Waals surface area contributed by atoms with Gasteiger partial charge >= 0.3 is 0 Å². The third-order valence-electron chi connectivity index (χ3n) is 3.29. The second-order valence-electron chi connectivity index (χ2n) is 6.61. The zero-order valence-electron chi connectivity index (χ0n) is 12.9. The van der Waals surface area contributed by atoms with Crippen molar-refractivity contribution >= 4 is 0 Å². The van der Waals surface area contributed by atoms with Crippen molar-refractivity contribution in [3.05, 3.63) is 29.8 Å². The van der Waals surface area contributed by atoms with Gasteiger partial charge in [0.1, 0.15) is 12.4 Å². The van der Waals surface area contributed by atoms with Crippen molar-refractivity contribution in [1.29, 1.82) is 0 Å². The van der Waals surface area contributed by atoms with Crippen LogP contribution in [0.15, 0.2) is 24.3 Å². The van der Waals surface area contributed by atoms with E-state index in [0.717, 1.165) is 24.8 Å². The molecule has 112 valence electrons. The Morgan fingerprint density at radius 1 is 1.10 bits per heavy atom. The molecule has 20 heavy (non-hydrogen) atoms. The molecular formula is C17H27NO2. The summed E-state index contributed by atoms with van der Waals surface area (Å²) in [5.74, 6) is 1.74. The van der Waals surface area contributed by atoms with Gasteiger partial charge in [0.05, 0.1) is 6.61 Å². The normalized spacial score (nSPS) is 15.3. The predicted octanol–water partition coefficient (Wildman–Crippen LogP) is 3.38.